The minimum absolute atomic E-state index is 0.335. The van der Waals surface area contributed by atoms with E-state index in [0.29, 0.717) is 6.42 Å². The lowest BCUT2D eigenvalue weighted by molar-refractivity contribution is -0.138. The van der Waals surface area contributed by atoms with Gasteiger partial charge in [0.05, 0.1) is 0 Å². The Balaban J connectivity index is 0.00000116. The van der Waals surface area contributed by atoms with Gasteiger partial charge in [0.15, 0.2) is 0 Å². The first-order valence-corrected chi connectivity index (χ1v) is 8.02. The van der Waals surface area contributed by atoms with Gasteiger partial charge in [0.2, 0.25) is 0 Å². The molecule has 0 amide bonds. The molecule has 0 aliphatic heterocycles. The number of hydrogen-bond donors (Lipinski definition) is 3. The van der Waals surface area contributed by atoms with Crippen LogP contribution in [0.15, 0.2) is 59.5 Å². The summed E-state index contributed by atoms with van der Waals surface area (Å²) < 4.78 is 3.23. The number of benzene rings is 2. The summed E-state index contributed by atoms with van der Waals surface area (Å²) in [5.74, 6) is -0.980. The third-order valence-corrected chi connectivity index (χ3v) is 3.60. The van der Waals surface area contributed by atoms with Crippen molar-refractivity contribution in [3.8, 4) is 0 Å². The van der Waals surface area contributed by atoms with Crippen molar-refractivity contribution in [3.63, 3.8) is 0 Å². The Hall–Kier alpha value is -1.98. The van der Waals surface area contributed by atoms with Crippen molar-refractivity contribution >= 4 is 23.6 Å². The van der Waals surface area contributed by atoms with Crippen LogP contribution < -0.4 is 10.5 Å². The average Bonchev–Trinajstić information content (AvgIpc) is 2.57. The first-order valence-electron chi connectivity index (χ1n) is 7.20. The number of carboxylic acid groups (broad SMARTS) is 1. The van der Waals surface area contributed by atoms with E-state index in [1.165, 1.54) is 11.9 Å². The van der Waals surface area contributed by atoms with Crippen LogP contribution in [0, 0.1) is 0 Å². The van der Waals surface area contributed by atoms with Crippen LogP contribution in [0.1, 0.15) is 19.4 Å². The molecular weight excluding hydrogens is 296 g/mol. The maximum absolute atomic E-state index is 10.7. The van der Waals surface area contributed by atoms with Gasteiger partial charge in [0.1, 0.15) is 6.04 Å². The van der Waals surface area contributed by atoms with Crippen molar-refractivity contribution in [2.75, 3.05) is 4.72 Å². The molecule has 0 saturated carbocycles. The fourth-order valence-electron chi connectivity index (χ4n) is 1.66. The van der Waals surface area contributed by atoms with Crippen LogP contribution in [-0.2, 0) is 11.2 Å². The molecule has 0 aliphatic carbocycles. The molecule has 2 aromatic rings. The lowest BCUT2D eigenvalue weighted by atomic mass is 10.1. The molecule has 1 atom stereocenters. The van der Waals surface area contributed by atoms with Gasteiger partial charge < -0.3 is 15.6 Å². The smallest absolute Gasteiger partial charge is 0.320 e. The summed E-state index contributed by atoms with van der Waals surface area (Å²) in [7, 11) is 0. The predicted molar refractivity (Wildman–Crippen MR) is 93.0 cm³/mol. The molecule has 2 aromatic carbocycles. The van der Waals surface area contributed by atoms with Crippen LogP contribution in [-0.4, -0.2) is 17.1 Å². The van der Waals surface area contributed by atoms with Crippen LogP contribution in [0.25, 0.3) is 0 Å². The third-order valence-electron chi connectivity index (χ3n) is 2.76. The van der Waals surface area contributed by atoms with Crippen LogP contribution in [0.3, 0.4) is 0 Å². The Morgan fingerprint density at radius 3 is 2.27 bits per heavy atom. The molecule has 2 rings (SSSR count). The molecule has 4 nitrogen and oxygen atoms in total. The zero-order valence-electron chi connectivity index (χ0n) is 12.8. The van der Waals surface area contributed by atoms with E-state index in [2.05, 4.69) is 4.72 Å². The van der Waals surface area contributed by atoms with E-state index in [1.54, 1.807) is 0 Å². The van der Waals surface area contributed by atoms with Gasteiger partial charge in [0, 0.05) is 10.6 Å². The van der Waals surface area contributed by atoms with Gasteiger partial charge in [-0.2, -0.15) is 0 Å². The third kappa shape index (κ3) is 6.20. The Bertz CT molecular complexity index is 559. The summed E-state index contributed by atoms with van der Waals surface area (Å²) in [5, 5.41) is 8.77. The van der Waals surface area contributed by atoms with Gasteiger partial charge in [-0.15, -0.1) is 0 Å². The number of carbonyl (C=O) groups is 1. The fourth-order valence-corrected chi connectivity index (χ4v) is 2.32. The van der Waals surface area contributed by atoms with Crippen molar-refractivity contribution in [1.82, 2.24) is 0 Å². The van der Waals surface area contributed by atoms with Crippen molar-refractivity contribution in [2.24, 2.45) is 5.73 Å². The summed E-state index contributed by atoms with van der Waals surface area (Å²) in [5.41, 5.74) is 7.38. The molecule has 0 aromatic heterocycles. The molecule has 4 N–H and O–H groups in total. The summed E-state index contributed by atoms with van der Waals surface area (Å²) >= 11 is 1.53. The normalized spacial score (nSPS) is 11.0. The standard InChI is InChI=1S/C15H16N2O2S.C2H6/c16-14(15(18)19)10-11-6-8-12(9-7-11)17-20-13-4-2-1-3-5-13;1-2/h1-9,14,17H,10,16H2,(H,18,19);1-2H3. The molecule has 0 radical (unpaired) electrons. The van der Waals surface area contributed by atoms with Gasteiger partial charge in [0.25, 0.3) is 0 Å². The number of hydrogen-bond acceptors (Lipinski definition) is 4. The number of nitrogens with two attached hydrogens (primary N) is 1. The Morgan fingerprint density at radius 2 is 1.73 bits per heavy atom. The summed E-state index contributed by atoms with van der Waals surface area (Å²) in [6, 6.07) is 16.8. The first-order chi connectivity index (χ1) is 10.6. The monoisotopic (exact) mass is 318 g/mol. The molecule has 1 unspecified atom stereocenters. The highest BCUT2D eigenvalue weighted by molar-refractivity contribution is 8.00. The molecule has 5 heteroatoms. The van der Waals surface area contributed by atoms with E-state index < -0.39 is 12.0 Å². The van der Waals surface area contributed by atoms with Crippen molar-refractivity contribution in [2.45, 2.75) is 31.2 Å². The lowest BCUT2D eigenvalue weighted by Gasteiger charge is -2.08. The number of anilines is 1. The Kier molecular flexibility index (Phi) is 8.10. The van der Waals surface area contributed by atoms with Gasteiger partial charge in [-0.25, -0.2) is 0 Å². The highest BCUT2D eigenvalue weighted by Gasteiger charge is 2.11. The topological polar surface area (TPSA) is 75.3 Å². The summed E-state index contributed by atoms with van der Waals surface area (Å²) in [6.07, 6.45) is 0.335. The Morgan fingerprint density at radius 1 is 1.14 bits per heavy atom. The van der Waals surface area contributed by atoms with Gasteiger partial charge in [-0.3, -0.25) is 4.79 Å². The minimum atomic E-state index is -0.980. The second kappa shape index (κ2) is 9.87. The zero-order chi connectivity index (χ0) is 16.4. The molecular formula is C17H22N2O2S. The van der Waals surface area contributed by atoms with E-state index >= 15 is 0 Å². The lowest BCUT2D eigenvalue weighted by Crippen LogP contribution is -2.32. The summed E-state index contributed by atoms with van der Waals surface area (Å²) in [6.45, 7) is 4.00. The number of aliphatic carboxylic acids is 1. The van der Waals surface area contributed by atoms with Crippen molar-refractivity contribution in [3.05, 3.63) is 60.2 Å². The largest absolute Gasteiger partial charge is 0.480 e. The average molecular weight is 318 g/mol. The van der Waals surface area contributed by atoms with Crippen LogP contribution in [0.2, 0.25) is 0 Å². The van der Waals surface area contributed by atoms with E-state index in [4.69, 9.17) is 10.8 Å². The van der Waals surface area contributed by atoms with Crippen LogP contribution in [0.5, 0.6) is 0 Å². The fraction of sp³-hybridized carbons (Fsp3) is 0.235. The minimum Gasteiger partial charge on any atom is -0.480 e. The van der Waals surface area contributed by atoms with Crippen LogP contribution in [0.4, 0.5) is 5.69 Å². The van der Waals surface area contributed by atoms with Crippen LogP contribution >= 0.6 is 11.9 Å². The number of carboxylic acids is 1. The highest BCUT2D eigenvalue weighted by atomic mass is 32.2. The number of rotatable bonds is 6. The van der Waals surface area contributed by atoms with E-state index in [-0.39, 0.29) is 0 Å². The van der Waals surface area contributed by atoms with Crippen molar-refractivity contribution < 1.29 is 9.90 Å². The highest BCUT2D eigenvalue weighted by Crippen LogP contribution is 2.21. The van der Waals surface area contributed by atoms with Gasteiger partial charge in [-0.1, -0.05) is 44.2 Å². The number of nitrogens with one attached hydrogen (secondary N) is 1. The molecule has 22 heavy (non-hydrogen) atoms. The van der Waals surface area contributed by atoms with E-state index in [0.717, 1.165) is 16.1 Å². The maximum atomic E-state index is 10.7. The van der Waals surface area contributed by atoms with Crippen molar-refractivity contribution in [1.29, 1.82) is 0 Å². The second-order valence-corrected chi connectivity index (χ2v) is 5.24. The second-order valence-electron chi connectivity index (χ2n) is 4.36. The Labute approximate surface area is 135 Å². The molecule has 0 aliphatic rings. The predicted octanol–water partition coefficient (Wildman–Crippen LogP) is 3.79. The molecule has 118 valence electrons. The van der Waals surface area contributed by atoms with Gasteiger partial charge in [-0.05, 0) is 48.2 Å². The molecule has 0 saturated heterocycles. The molecule has 0 fully saturated rings. The molecule has 0 heterocycles. The SMILES string of the molecule is CC.NC(Cc1ccc(NSc2ccccc2)cc1)C(=O)O. The van der Waals surface area contributed by atoms with Gasteiger partial charge >= 0.3 is 5.97 Å². The zero-order valence-corrected chi connectivity index (χ0v) is 13.6. The summed E-state index contributed by atoms with van der Waals surface area (Å²) in [4.78, 5) is 11.8. The molecule has 0 bridgehead atoms. The van der Waals surface area contributed by atoms with E-state index in [9.17, 15) is 4.79 Å². The quantitative estimate of drug-likeness (QED) is 0.707. The maximum Gasteiger partial charge on any atom is 0.320 e. The first kappa shape index (κ1) is 18.1. The molecule has 0 spiro atoms. The van der Waals surface area contributed by atoms with E-state index in [1.807, 2.05) is 68.4 Å².